The van der Waals surface area contributed by atoms with Gasteiger partial charge in [-0.15, -0.1) is 0 Å². The summed E-state index contributed by atoms with van der Waals surface area (Å²) in [6, 6.07) is 14.2. The molecule has 0 amide bonds. The Morgan fingerprint density at radius 1 is 1.05 bits per heavy atom. The first kappa shape index (κ1) is 16.0. The summed E-state index contributed by atoms with van der Waals surface area (Å²) in [7, 11) is -3.53. The van der Waals surface area contributed by atoms with Crippen LogP contribution >= 0.6 is 23.2 Å². The zero-order valence-corrected chi connectivity index (χ0v) is 13.4. The van der Waals surface area contributed by atoms with Crippen LogP contribution in [0, 0.1) is 0 Å². The van der Waals surface area contributed by atoms with Crippen molar-refractivity contribution in [2.45, 2.75) is 6.42 Å². The molecule has 0 bridgehead atoms. The Balaban J connectivity index is 2.05. The average Bonchev–Trinajstić information content (AvgIpc) is 2.45. The van der Waals surface area contributed by atoms with Gasteiger partial charge in [-0.1, -0.05) is 59.6 Å². The third-order valence-electron chi connectivity index (χ3n) is 2.81. The topological polar surface area (TPSA) is 46.5 Å². The SMILES string of the molecule is O=S(=O)(CCc1ccccc1)N=Cc1ccc(Cl)cc1Cl. The standard InChI is InChI=1S/C15H13Cl2NO2S/c16-14-7-6-13(15(17)10-14)11-18-21(19,20)9-8-12-4-2-1-3-5-12/h1-7,10-11H,8-9H2. The van der Waals surface area contributed by atoms with Crippen molar-refractivity contribution in [2.24, 2.45) is 4.40 Å². The van der Waals surface area contributed by atoms with Crippen molar-refractivity contribution in [3.63, 3.8) is 0 Å². The van der Waals surface area contributed by atoms with Gasteiger partial charge in [-0.25, -0.2) is 8.42 Å². The maximum atomic E-state index is 11.9. The molecule has 0 unspecified atom stereocenters. The number of benzene rings is 2. The van der Waals surface area contributed by atoms with Crippen LogP contribution in [-0.2, 0) is 16.4 Å². The quantitative estimate of drug-likeness (QED) is 0.772. The van der Waals surface area contributed by atoms with Crippen molar-refractivity contribution >= 4 is 39.4 Å². The van der Waals surface area contributed by atoms with Gasteiger partial charge in [0.2, 0.25) is 0 Å². The summed E-state index contributed by atoms with van der Waals surface area (Å²) in [6.07, 6.45) is 1.67. The van der Waals surface area contributed by atoms with E-state index in [4.69, 9.17) is 23.2 Å². The number of aryl methyl sites for hydroxylation is 1. The molecular formula is C15H13Cl2NO2S. The molecule has 0 aliphatic rings. The van der Waals surface area contributed by atoms with Crippen molar-refractivity contribution < 1.29 is 8.42 Å². The van der Waals surface area contributed by atoms with Crippen molar-refractivity contribution in [2.75, 3.05) is 5.75 Å². The lowest BCUT2D eigenvalue weighted by atomic mass is 10.2. The van der Waals surface area contributed by atoms with E-state index in [1.165, 1.54) is 6.21 Å². The monoisotopic (exact) mass is 341 g/mol. The first-order valence-electron chi connectivity index (χ1n) is 6.23. The van der Waals surface area contributed by atoms with Crippen molar-refractivity contribution in [1.29, 1.82) is 0 Å². The Morgan fingerprint density at radius 3 is 2.43 bits per heavy atom. The summed E-state index contributed by atoms with van der Waals surface area (Å²) >= 11 is 11.7. The zero-order chi connectivity index (χ0) is 15.3. The number of halogens is 2. The van der Waals surface area contributed by atoms with Gasteiger partial charge in [0.05, 0.1) is 10.8 Å². The second kappa shape index (κ2) is 7.07. The zero-order valence-electron chi connectivity index (χ0n) is 11.0. The molecule has 2 rings (SSSR count). The van der Waals surface area contributed by atoms with Gasteiger partial charge in [0.25, 0.3) is 10.0 Å². The first-order valence-corrected chi connectivity index (χ1v) is 8.60. The van der Waals surface area contributed by atoms with E-state index in [0.717, 1.165) is 5.56 Å². The van der Waals surface area contributed by atoms with E-state index in [2.05, 4.69) is 4.40 Å². The first-order chi connectivity index (χ1) is 9.96. The smallest absolute Gasteiger partial charge is 0.205 e. The van der Waals surface area contributed by atoms with Crippen LogP contribution in [0.1, 0.15) is 11.1 Å². The van der Waals surface area contributed by atoms with Crippen LogP contribution in [0.3, 0.4) is 0 Å². The molecule has 0 spiro atoms. The van der Waals surface area contributed by atoms with Crippen LogP contribution in [0.4, 0.5) is 0 Å². The van der Waals surface area contributed by atoms with E-state index in [1.54, 1.807) is 18.2 Å². The Morgan fingerprint density at radius 2 is 1.76 bits per heavy atom. The predicted molar refractivity (Wildman–Crippen MR) is 88.0 cm³/mol. The Bertz CT molecular complexity index is 744. The summed E-state index contributed by atoms with van der Waals surface area (Å²) in [6.45, 7) is 0. The van der Waals surface area contributed by atoms with E-state index >= 15 is 0 Å². The molecule has 2 aromatic rings. The highest BCUT2D eigenvalue weighted by molar-refractivity contribution is 7.90. The normalized spacial score (nSPS) is 11.9. The molecule has 0 saturated heterocycles. The number of nitrogens with zero attached hydrogens (tertiary/aromatic N) is 1. The fraction of sp³-hybridized carbons (Fsp3) is 0.133. The molecule has 0 saturated carbocycles. The minimum absolute atomic E-state index is 0.0429. The van der Waals surface area contributed by atoms with Gasteiger partial charge in [-0.2, -0.15) is 4.40 Å². The molecule has 0 aliphatic carbocycles. The number of sulfonamides is 1. The highest BCUT2D eigenvalue weighted by Gasteiger charge is 2.08. The van der Waals surface area contributed by atoms with Crippen LogP contribution < -0.4 is 0 Å². The van der Waals surface area contributed by atoms with E-state index in [-0.39, 0.29) is 5.75 Å². The minimum atomic E-state index is -3.53. The molecule has 0 fully saturated rings. The van der Waals surface area contributed by atoms with Crippen molar-refractivity contribution in [3.05, 3.63) is 69.7 Å². The summed E-state index contributed by atoms with van der Waals surface area (Å²) in [4.78, 5) is 0. The van der Waals surface area contributed by atoms with E-state index in [0.29, 0.717) is 22.0 Å². The molecule has 0 aromatic heterocycles. The Labute approximate surface area is 134 Å². The van der Waals surface area contributed by atoms with Gasteiger partial charge in [0.1, 0.15) is 0 Å². The fourth-order valence-corrected chi connectivity index (χ4v) is 3.02. The van der Waals surface area contributed by atoms with Crippen LogP contribution in [0.5, 0.6) is 0 Å². The Kier molecular flexibility index (Phi) is 5.39. The minimum Gasteiger partial charge on any atom is -0.205 e. The fourth-order valence-electron chi connectivity index (χ4n) is 1.69. The molecule has 3 nitrogen and oxygen atoms in total. The van der Waals surface area contributed by atoms with Crippen LogP contribution in [-0.4, -0.2) is 20.4 Å². The van der Waals surface area contributed by atoms with Gasteiger partial charge in [0, 0.05) is 16.8 Å². The largest absolute Gasteiger partial charge is 0.253 e. The molecule has 0 atom stereocenters. The highest BCUT2D eigenvalue weighted by Crippen LogP contribution is 2.19. The molecule has 0 radical (unpaired) electrons. The number of rotatable bonds is 5. The van der Waals surface area contributed by atoms with E-state index in [1.807, 2.05) is 30.3 Å². The van der Waals surface area contributed by atoms with Crippen molar-refractivity contribution in [3.8, 4) is 0 Å². The molecule has 6 heteroatoms. The van der Waals surface area contributed by atoms with Crippen LogP contribution in [0.2, 0.25) is 10.0 Å². The maximum Gasteiger partial charge on any atom is 0.253 e. The molecule has 0 N–H and O–H groups in total. The lowest BCUT2D eigenvalue weighted by Gasteiger charge is -2.01. The molecule has 2 aromatic carbocycles. The predicted octanol–water partition coefficient (Wildman–Crippen LogP) is 3.98. The molecule has 110 valence electrons. The van der Waals surface area contributed by atoms with Gasteiger partial charge in [0.15, 0.2) is 0 Å². The summed E-state index contributed by atoms with van der Waals surface area (Å²) in [5.74, 6) is -0.0429. The second-order valence-corrected chi connectivity index (χ2v) is 7.05. The Hall–Kier alpha value is -1.36. The maximum absolute atomic E-state index is 11.9. The average molecular weight is 342 g/mol. The summed E-state index contributed by atoms with van der Waals surface area (Å²) in [5.41, 5.74) is 1.48. The van der Waals surface area contributed by atoms with E-state index in [9.17, 15) is 8.42 Å². The highest BCUT2D eigenvalue weighted by atomic mass is 35.5. The third-order valence-corrected chi connectivity index (χ3v) is 4.52. The van der Waals surface area contributed by atoms with Gasteiger partial charge in [-0.3, -0.25) is 0 Å². The molecule has 21 heavy (non-hydrogen) atoms. The van der Waals surface area contributed by atoms with Crippen molar-refractivity contribution in [1.82, 2.24) is 0 Å². The lowest BCUT2D eigenvalue weighted by molar-refractivity contribution is 0.597. The molecule has 0 aliphatic heterocycles. The number of hydrogen-bond donors (Lipinski definition) is 0. The summed E-state index contributed by atoms with van der Waals surface area (Å²) < 4.78 is 27.4. The van der Waals surface area contributed by atoms with Gasteiger partial charge >= 0.3 is 0 Å². The number of hydrogen-bond acceptors (Lipinski definition) is 2. The van der Waals surface area contributed by atoms with Crippen LogP contribution in [0.25, 0.3) is 0 Å². The lowest BCUT2D eigenvalue weighted by Crippen LogP contribution is -2.06. The second-order valence-electron chi connectivity index (χ2n) is 4.42. The van der Waals surface area contributed by atoms with E-state index < -0.39 is 10.0 Å². The third kappa shape index (κ3) is 5.16. The van der Waals surface area contributed by atoms with Crippen LogP contribution in [0.15, 0.2) is 52.9 Å². The molecule has 0 heterocycles. The molecular weight excluding hydrogens is 329 g/mol. The van der Waals surface area contributed by atoms with Gasteiger partial charge in [-0.05, 0) is 24.1 Å². The van der Waals surface area contributed by atoms with Gasteiger partial charge < -0.3 is 0 Å². The summed E-state index contributed by atoms with van der Waals surface area (Å²) in [5, 5.41) is 0.855.